The zero-order chi connectivity index (χ0) is 34.2. The van der Waals surface area contributed by atoms with Crippen LogP contribution in [0.4, 0.5) is 22.7 Å². The van der Waals surface area contributed by atoms with E-state index in [2.05, 4.69) is 34.8 Å². The van der Waals surface area contributed by atoms with E-state index in [1.165, 1.54) is 10.7 Å². The number of aromatic nitrogens is 3. The summed E-state index contributed by atoms with van der Waals surface area (Å²) in [5, 5.41) is 51.6. The van der Waals surface area contributed by atoms with Crippen LogP contribution in [0.2, 0.25) is 0 Å². The third kappa shape index (κ3) is 5.90. The van der Waals surface area contributed by atoms with Gasteiger partial charge in [-0.2, -0.15) is 8.42 Å². The number of fused-ring (bicyclic) bond motifs is 2. The molecular weight excluding hydrogens is 667 g/mol. The van der Waals surface area contributed by atoms with Crippen LogP contribution in [0.25, 0.3) is 27.4 Å². The average Bonchev–Trinajstić information content (AvgIpc) is 3.28. The second-order valence-electron chi connectivity index (χ2n) is 10.1. The van der Waals surface area contributed by atoms with Gasteiger partial charge in [-0.3, -0.25) is 19.0 Å². The molecule has 0 saturated carbocycles. The Morgan fingerprint density at radius 3 is 2.31 bits per heavy atom. The molecule has 16 nitrogen and oxygen atoms in total. The molecule has 2 heterocycles. The summed E-state index contributed by atoms with van der Waals surface area (Å²) in [5.74, 6) is -1.63. The Labute approximate surface area is 274 Å². The highest BCUT2D eigenvalue weighted by Gasteiger charge is 2.27. The van der Waals surface area contributed by atoms with E-state index in [0.717, 1.165) is 6.07 Å². The highest BCUT2D eigenvalue weighted by Crippen LogP contribution is 2.51. The summed E-state index contributed by atoms with van der Waals surface area (Å²) in [5.41, 5.74) is 0.163. The van der Waals surface area contributed by atoms with Gasteiger partial charge < -0.3 is 10.2 Å². The van der Waals surface area contributed by atoms with E-state index in [-0.39, 0.29) is 32.7 Å². The van der Waals surface area contributed by atoms with E-state index in [0.29, 0.717) is 34.3 Å². The fourth-order valence-corrected chi connectivity index (χ4v) is 6.17. The molecule has 6 rings (SSSR count). The quantitative estimate of drug-likeness (QED) is 0.0394. The van der Waals surface area contributed by atoms with Crippen molar-refractivity contribution in [3.63, 3.8) is 0 Å². The van der Waals surface area contributed by atoms with Crippen LogP contribution in [-0.2, 0) is 26.5 Å². The maximum Gasteiger partial charge on any atom is 0.299 e. The smallest absolute Gasteiger partial charge is 0.299 e. The van der Waals surface area contributed by atoms with E-state index in [9.17, 15) is 28.0 Å². The molecule has 6 aromatic rings. The molecule has 0 bridgehead atoms. The molecule has 48 heavy (non-hydrogen) atoms. The van der Waals surface area contributed by atoms with Crippen molar-refractivity contribution in [2.45, 2.75) is 16.7 Å². The second-order valence-corrected chi connectivity index (χ2v) is 12.2. The largest absolute Gasteiger partial charge is 0.505 e. The van der Waals surface area contributed by atoms with Crippen molar-refractivity contribution >= 4 is 66.6 Å². The van der Waals surface area contributed by atoms with Crippen LogP contribution in [0.5, 0.6) is 11.5 Å². The van der Waals surface area contributed by atoms with E-state index in [1.54, 1.807) is 85.5 Å². The van der Waals surface area contributed by atoms with Gasteiger partial charge in [0.15, 0.2) is 17.2 Å². The lowest BCUT2D eigenvalue weighted by Crippen LogP contribution is -2.19. The SMILES string of the molecule is Cc1c(/N=N/c2c(SOOO)cc3cc(S(=O)(=O)O)c(/N=N/c4cccc5ncccc45)c(O)c3c2O)c(=O)n(-c2ccccc2)n1C. The minimum Gasteiger partial charge on any atom is -0.505 e. The van der Waals surface area contributed by atoms with Gasteiger partial charge in [-0.15, -0.1) is 24.8 Å². The van der Waals surface area contributed by atoms with Crippen LogP contribution in [0.3, 0.4) is 0 Å². The van der Waals surface area contributed by atoms with Gasteiger partial charge in [0.1, 0.15) is 16.3 Å². The summed E-state index contributed by atoms with van der Waals surface area (Å²) < 4.78 is 42.5. The van der Waals surface area contributed by atoms with Crippen molar-refractivity contribution < 1.29 is 37.8 Å². The van der Waals surface area contributed by atoms with Crippen molar-refractivity contribution in [3.05, 3.63) is 95.0 Å². The Kier molecular flexibility index (Phi) is 8.75. The number of para-hydroxylation sites is 1. The standard InChI is InChI=1S/C30H23N7O9S2/c1-16-25(30(40)37(36(16)2)18-8-4-3-5-9-18)33-34-26-22(47-46-45-41)14-17-15-23(48(42,43)44)27(29(39)24(17)28(26)38)35-32-21-12-6-11-20-19(21)10-7-13-31-20/h3-15,38-39,41H,1-2H3,(H,42,43,44)/b34-33+,35-32+. The third-order valence-electron chi connectivity index (χ3n) is 7.34. The average molecular weight is 690 g/mol. The van der Waals surface area contributed by atoms with E-state index in [4.69, 9.17) is 5.26 Å². The molecule has 4 aromatic carbocycles. The first-order valence-electron chi connectivity index (χ1n) is 13.7. The molecule has 0 aliphatic rings. The Hall–Kier alpha value is -5.50. The van der Waals surface area contributed by atoms with Crippen LogP contribution in [0, 0.1) is 6.92 Å². The van der Waals surface area contributed by atoms with Gasteiger partial charge in [0.2, 0.25) is 0 Å². The van der Waals surface area contributed by atoms with Gasteiger partial charge in [0, 0.05) is 18.6 Å². The summed E-state index contributed by atoms with van der Waals surface area (Å²) >= 11 is 0.341. The zero-order valence-corrected chi connectivity index (χ0v) is 26.4. The number of benzene rings is 4. The van der Waals surface area contributed by atoms with Crippen LogP contribution in [0.1, 0.15) is 5.69 Å². The summed E-state index contributed by atoms with van der Waals surface area (Å²) in [6.45, 7) is 1.64. The van der Waals surface area contributed by atoms with Crippen LogP contribution in [-0.4, -0.2) is 42.8 Å². The predicted octanol–water partition coefficient (Wildman–Crippen LogP) is 7.10. The maximum absolute atomic E-state index is 13.4. The molecule has 0 aliphatic heterocycles. The number of azo groups is 2. The molecule has 0 saturated heterocycles. The Morgan fingerprint density at radius 1 is 0.875 bits per heavy atom. The lowest BCUT2D eigenvalue weighted by Gasteiger charge is -2.13. The Morgan fingerprint density at radius 2 is 1.58 bits per heavy atom. The Bertz CT molecular complexity index is 2440. The molecule has 0 spiro atoms. The third-order valence-corrected chi connectivity index (χ3v) is 8.82. The number of phenolic OH excluding ortho intramolecular Hbond substituents is 2. The lowest BCUT2D eigenvalue weighted by atomic mass is 10.1. The van der Waals surface area contributed by atoms with E-state index < -0.39 is 37.8 Å². The first-order valence-corrected chi connectivity index (χ1v) is 15.9. The fourth-order valence-electron chi connectivity index (χ4n) is 5.01. The van der Waals surface area contributed by atoms with Crippen LogP contribution in [0.15, 0.2) is 114 Å². The van der Waals surface area contributed by atoms with Gasteiger partial charge >= 0.3 is 0 Å². The van der Waals surface area contributed by atoms with E-state index >= 15 is 0 Å². The number of hydrogen-bond donors (Lipinski definition) is 4. The second kappa shape index (κ2) is 13.0. The molecule has 0 unspecified atom stereocenters. The van der Waals surface area contributed by atoms with Crippen LogP contribution < -0.4 is 5.56 Å². The normalized spacial score (nSPS) is 12.2. The Balaban J connectivity index is 1.55. The van der Waals surface area contributed by atoms with Crippen molar-refractivity contribution in [1.82, 2.24) is 14.3 Å². The molecule has 4 N–H and O–H groups in total. The maximum atomic E-state index is 13.4. The number of aromatic hydroxyl groups is 2. The van der Waals surface area contributed by atoms with Crippen molar-refractivity contribution in [2.24, 2.45) is 27.5 Å². The van der Waals surface area contributed by atoms with Gasteiger partial charge in [0.05, 0.1) is 44.9 Å². The summed E-state index contributed by atoms with van der Waals surface area (Å²) in [4.78, 5) is 16.7. The molecule has 0 amide bonds. The first kappa shape index (κ1) is 32.4. The number of pyridine rings is 1. The van der Waals surface area contributed by atoms with E-state index in [1.807, 2.05) is 0 Å². The molecule has 2 aromatic heterocycles. The minimum atomic E-state index is -5.02. The lowest BCUT2D eigenvalue weighted by molar-refractivity contribution is -0.432. The monoisotopic (exact) mass is 689 g/mol. The zero-order valence-electron chi connectivity index (χ0n) is 24.8. The fraction of sp³-hybridized carbons (Fsp3) is 0.0667. The topological polar surface area (TPSA) is 223 Å². The van der Waals surface area contributed by atoms with Gasteiger partial charge in [0.25, 0.3) is 15.7 Å². The first-order chi connectivity index (χ1) is 23.0. The summed E-state index contributed by atoms with van der Waals surface area (Å²) in [7, 11) is -3.37. The highest BCUT2D eigenvalue weighted by molar-refractivity contribution is 7.94. The van der Waals surface area contributed by atoms with Crippen molar-refractivity contribution in [2.75, 3.05) is 0 Å². The molecule has 18 heteroatoms. The van der Waals surface area contributed by atoms with Gasteiger partial charge in [-0.1, -0.05) is 29.3 Å². The van der Waals surface area contributed by atoms with Crippen molar-refractivity contribution in [3.8, 4) is 17.2 Å². The number of hydrogen-bond acceptors (Lipinski definition) is 14. The predicted molar refractivity (Wildman–Crippen MR) is 174 cm³/mol. The summed E-state index contributed by atoms with van der Waals surface area (Å²) in [6.07, 6.45) is 1.58. The number of phenols is 2. The van der Waals surface area contributed by atoms with Gasteiger partial charge in [-0.25, -0.2) is 9.94 Å². The molecule has 0 aliphatic carbocycles. The molecule has 0 fully saturated rings. The van der Waals surface area contributed by atoms with Gasteiger partial charge in [-0.05, 0) is 60.8 Å². The van der Waals surface area contributed by atoms with Crippen molar-refractivity contribution in [1.29, 1.82) is 0 Å². The van der Waals surface area contributed by atoms with Crippen LogP contribution >= 0.6 is 12.0 Å². The number of nitrogens with zero attached hydrogens (tertiary/aromatic N) is 7. The molecule has 0 atom stereocenters. The molecular formula is C30H23N7O9S2. The highest BCUT2D eigenvalue weighted by atomic mass is 32.2. The molecule has 244 valence electrons. The summed E-state index contributed by atoms with van der Waals surface area (Å²) in [6, 6.07) is 19.3. The minimum absolute atomic E-state index is 0.0823. The molecule has 0 radical (unpaired) electrons. The number of rotatable bonds is 9.